The van der Waals surface area contributed by atoms with E-state index in [4.69, 9.17) is 5.73 Å². The first-order chi connectivity index (χ1) is 7.84. The van der Waals surface area contributed by atoms with E-state index in [1.165, 1.54) is 11.6 Å². The van der Waals surface area contributed by atoms with Crippen LogP contribution in [-0.2, 0) is 6.54 Å². The van der Waals surface area contributed by atoms with Gasteiger partial charge in [-0.05, 0) is 49.2 Å². The number of halogens is 2. The van der Waals surface area contributed by atoms with Gasteiger partial charge in [0.1, 0.15) is 5.82 Å². The molecule has 0 saturated carbocycles. The summed E-state index contributed by atoms with van der Waals surface area (Å²) < 4.78 is 13.0. The van der Waals surface area contributed by atoms with Crippen LogP contribution in [0.25, 0.3) is 0 Å². The molecule has 2 N–H and O–H groups in total. The van der Waals surface area contributed by atoms with Crippen LogP contribution >= 0.6 is 12.4 Å². The van der Waals surface area contributed by atoms with E-state index in [0.29, 0.717) is 6.54 Å². The highest BCUT2D eigenvalue weighted by atomic mass is 35.5. The first kappa shape index (κ1) is 17.4. The smallest absolute Gasteiger partial charge is 0.123 e. The van der Waals surface area contributed by atoms with E-state index in [1.807, 2.05) is 13.0 Å². The molecule has 1 aromatic rings. The summed E-state index contributed by atoms with van der Waals surface area (Å²) in [6, 6.07) is 4.96. The number of aryl methyl sites for hydroxylation is 1. The van der Waals surface area contributed by atoms with Gasteiger partial charge < -0.3 is 10.6 Å². The van der Waals surface area contributed by atoms with Crippen molar-refractivity contribution in [2.45, 2.75) is 27.3 Å². The lowest BCUT2D eigenvalue weighted by Gasteiger charge is -2.29. The molecule has 0 heterocycles. The molecular weight excluding hydrogens is 251 g/mol. The van der Waals surface area contributed by atoms with Crippen LogP contribution in [0.15, 0.2) is 18.2 Å². The van der Waals surface area contributed by atoms with Crippen LogP contribution in [0.1, 0.15) is 25.0 Å². The molecule has 2 nitrogen and oxygen atoms in total. The van der Waals surface area contributed by atoms with Gasteiger partial charge in [-0.2, -0.15) is 0 Å². The molecule has 0 bridgehead atoms. The zero-order valence-electron chi connectivity index (χ0n) is 11.7. The molecule has 0 saturated heterocycles. The van der Waals surface area contributed by atoms with Crippen molar-refractivity contribution in [3.8, 4) is 0 Å². The Morgan fingerprint density at radius 3 is 2.44 bits per heavy atom. The van der Waals surface area contributed by atoms with E-state index in [0.717, 1.165) is 18.7 Å². The van der Waals surface area contributed by atoms with E-state index >= 15 is 0 Å². The highest BCUT2D eigenvalue weighted by Crippen LogP contribution is 2.17. The average molecular weight is 275 g/mol. The van der Waals surface area contributed by atoms with Gasteiger partial charge in [-0.15, -0.1) is 12.4 Å². The van der Waals surface area contributed by atoms with Crippen LogP contribution < -0.4 is 5.73 Å². The summed E-state index contributed by atoms with van der Waals surface area (Å²) in [6.45, 7) is 8.68. The van der Waals surface area contributed by atoms with Gasteiger partial charge in [-0.3, -0.25) is 0 Å². The third kappa shape index (κ3) is 5.34. The average Bonchev–Trinajstić information content (AvgIpc) is 2.21. The summed E-state index contributed by atoms with van der Waals surface area (Å²) in [5, 5.41) is 0. The third-order valence-electron chi connectivity index (χ3n) is 3.00. The maximum atomic E-state index is 13.0. The number of nitrogens with two attached hydrogens (primary N) is 1. The van der Waals surface area contributed by atoms with E-state index in [-0.39, 0.29) is 23.6 Å². The fourth-order valence-electron chi connectivity index (χ4n) is 1.98. The quantitative estimate of drug-likeness (QED) is 0.894. The van der Waals surface area contributed by atoms with Crippen molar-refractivity contribution in [1.82, 2.24) is 4.90 Å². The number of hydrogen-bond acceptors (Lipinski definition) is 2. The summed E-state index contributed by atoms with van der Waals surface area (Å²) in [6.07, 6.45) is 0. The molecule has 0 aliphatic carbocycles. The van der Waals surface area contributed by atoms with Gasteiger partial charge >= 0.3 is 0 Å². The molecule has 18 heavy (non-hydrogen) atoms. The van der Waals surface area contributed by atoms with Crippen LogP contribution in [-0.4, -0.2) is 25.0 Å². The molecule has 0 aromatic heterocycles. The Bertz CT molecular complexity index is 380. The monoisotopic (exact) mass is 274 g/mol. The molecule has 0 aliphatic rings. The summed E-state index contributed by atoms with van der Waals surface area (Å²) in [5.41, 5.74) is 8.01. The third-order valence-corrected chi connectivity index (χ3v) is 3.00. The van der Waals surface area contributed by atoms with Gasteiger partial charge in [0, 0.05) is 13.1 Å². The molecule has 0 fully saturated rings. The Kier molecular flexibility index (Phi) is 6.82. The van der Waals surface area contributed by atoms with Gasteiger partial charge in [0.25, 0.3) is 0 Å². The lowest BCUT2D eigenvalue weighted by atomic mass is 9.93. The minimum atomic E-state index is -0.170. The maximum Gasteiger partial charge on any atom is 0.123 e. The summed E-state index contributed by atoms with van der Waals surface area (Å²) in [7, 11) is 2.07. The largest absolute Gasteiger partial charge is 0.330 e. The minimum Gasteiger partial charge on any atom is -0.330 e. The molecule has 0 aliphatic heterocycles. The molecule has 1 aromatic carbocycles. The maximum absolute atomic E-state index is 13.0. The Morgan fingerprint density at radius 1 is 1.33 bits per heavy atom. The molecule has 0 amide bonds. The first-order valence-corrected chi connectivity index (χ1v) is 5.98. The van der Waals surface area contributed by atoms with Crippen LogP contribution in [0.4, 0.5) is 4.39 Å². The molecule has 0 spiro atoms. The minimum absolute atomic E-state index is 0. The van der Waals surface area contributed by atoms with Crippen LogP contribution in [0.2, 0.25) is 0 Å². The van der Waals surface area contributed by atoms with E-state index in [1.54, 1.807) is 6.07 Å². The van der Waals surface area contributed by atoms with Crippen molar-refractivity contribution in [3.05, 3.63) is 35.1 Å². The van der Waals surface area contributed by atoms with E-state index in [9.17, 15) is 4.39 Å². The fraction of sp³-hybridized carbons (Fsp3) is 0.571. The van der Waals surface area contributed by atoms with Gasteiger partial charge in [-0.25, -0.2) is 4.39 Å². The lowest BCUT2D eigenvalue weighted by Crippen LogP contribution is -2.36. The number of rotatable bonds is 5. The Labute approximate surface area is 116 Å². The van der Waals surface area contributed by atoms with Crippen molar-refractivity contribution in [2.75, 3.05) is 20.1 Å². The fourth-order valence-corrected chi connectivity index (χ4v) is 1.98. The van der Waals surface area contributed by atoms with Crippen molar-refractivity contribution in [3.63, 3.8) is 0 Å². The summed E-state index contributed by atoms with van der Waals surface area (Å²) >= 11 is 0. The second-order valence-corrected chi connectivity index (χ2v) is 5.61. The van der Waals surface area contributed by atoms with E-state index in [2.05, 4.69) is 25.8 Å². The van der Waals surface area contributed by atoms with Gasteiger partial charge in [0.2, 0.25) is 0 Å². The van der Waals surface area contributed by atoms with Gasteiger partial charge in [0.05, 0.1) is 0 Å². The molecule has 4 heteroatoms. The summed E-state index contributed by atoms with van der Waals surface area (Å²) in [5.74, 6) is -0.170. The van der Waals surface area contributed by atoms with Crippen molar-refractivity contribution in [2.24, 2.45) is 11.1 Å². The predicted molar refractivity (Wildman–Crippen MR) is 77.6 cm³/mol. The molecular formula is C14H24ClFN2. The van der Waals surface area contributed by atoms with E-state index < -0.39 is 0 Å². The highest BCUT2D eigenvalue weighted by Gasteiger charge is 2.18. The Balaban J connectivity index is 0.00000289. The van der Waals surface area contributed by atoms with Crippen LogP contribution in [0.5, 0.6) is 0 Å². The normalized spacial score (nSPS) is 11.5. The van der Waals surface area contributed by atoms with Gasteiger partial charge in [-0.1, -0.05) is 19.9 Å². The van der Waals surface area contributed by atoms with Crippen molar-refractivity contribution in [1.29, 1.82) is 0 Å². The summed E-state index contributed by atoms with van der Waals surface area (Å²) in [4.78, 5) is 2.23. The molecule has 0 radical (unpaired) electrons. The molecule has 0 atom stereocenters. The standard InChI is InChI=1S/C14H23FN2.ClH/c1-11-7-13(15)6-5-12(11)8-17(4)10-14(2,3)9-16;/h5-7H,8-10,16H2,1-4H3;1H. The zero-order chi connectivity index (χ0) is 13.1. The second-order valence-electron chi connectivity index (χ2n) is 5.61. The Morgan fingerprint density at radius 2 is 1.94 bits per heavy atom. The van der Waals surface area contributed by atoms with Crippen LogP contribution in [0.3, 0.4) is 0 Å². The predicted octanol–water partition coefficient (Wildman–Crippen LogP) is 2.97. The number of hydrogen-bond donors (Lipinski definition) is 1. The SMILES string of the molecule is Cc1cc(F)ccc1CN(C)CC(C)(C)CN.Cl. The zero-order valence-corrected chi connectivity index (χ0v) is 12.5. The van der Waals surface area contributed by atoms with Crippen LogP contribution in [0, 0.1) is 18.2 Å². The lowest BCUT2D eigenvalue weighted by molar-refractivity contribution is 0.209. The molecule has 1 rings (SSSR count). The number of benzene rings is 1. The topological polar surface area (TPSA) is 29.3 Å². The molecule has 0 unspecified atom stereocenters. The van der Waals surface area contributed by atoms with Crippen molar-refractivity contribution >= 4 is 12.4 Å². The molecule has 104 valence electrons. The highest BCUT2D eigenvalue weighted by molar-refractivity contribution is 5.85. The Hall–Kier alpha value is -0.640. The number of nitrogens with zero attached hydrogens (tertiary/aromatic N) is 1. The first-order valence-electron chi connectivity index (χ1n) is 5.98. The second kappa shape index (κ2) is 7.07. The van der Waals surface area contributed by atoms with Crippen molar-refractivity contribution < 1.29 is 4.39 Å². The van der Waals surface area contributed by atoms with Gasteiger partial charge in [0.15, 0.2) is 0 Å².